The van der Waals surface area contributed by atoms with Gasteiger partial charge < -0.3 is 47.1 Å². The minimum atomic E-state index is -3.76. The van der Waals surface area contributed by atoms with Crippen LogP contribution in [-0.4, -0.2) is 149 Å². The molecule has 0 spiro atoms. The van der Waals surface area contributed by atoms with Crippen molar-refractivity contribution in [3.8, 4) is 0 Å². The first-order valence-corrected chi connectivity index (χ1v) is 23.0. The van der Waals surface area contributed by atoms with E-state index in [1.165, 1.54) is 22.5 Å². The maximum atomic E-state index is 12.0. The van der Waals surface area contributed by atoms with Crippen molar-refractivity contribution in [1.82, 2.24) is 0 Å². The molecule has 0 bridgehead atoms. The zero-order valence-electron chi connectivity index (χ0n) is 34.0. The minimum Gasteiger partial charge on any atom is -0.405 e. The highest BCUT2D eigenvalue weighted by Crippen LogP contribution is 2.36. The Morgan fingerprint density at radius 3 is 0.947 bits per heavy atom. The van der Waals surface area contributed by atoms with Gasteiger partial charge in [-0.25, -0.2) is 0 Å². The Hall–Kier alpha value is -2.61. The van der Waals surface area contributed by atoms with E-state index in [9.17, 15) is 8.42 Å². The molecule has 0 atom stereocenters. The summed E-state index contributed by atoms with van der Waals surface area (Å²) >= 11 is 0. The van der Waals surface area contributed by atoms with Crippen molar-refractivity contribution < 1.29 is 59.7 Å². The van der Waals surface area contributed by atoms with Crippen molar-refractivity contribution in [2.45, 2.75) is 30.7 Å². The SMILES string of the molecule is CC(C)(C)[Si](OCCOCCOCCOCCOCCOCCOCCOCCOCCOCCOS(=O)(=O)c1ccccc1)(c1ccccc1)c1ccccc1. The van der Waals surface area contributed by atoms with Gasteiger partial charge in [0.1, 0.15) is 0 Å². The van der Waals surface area contributed by atoms with Crippen LogP contribution >= 0.6 is 0 Å². The molecule has 320 valence electrons. The summed E-state index contributed by atoms with van der Waals surface area (Å²) in [5.74, 6) is 0. The monoisotopic (exact) mass is 836 g/mol. The predicted octanol–water partition coefficient (Wildman–Crippen LogP) is 4.12. The van der Waals surface area contributed by atoms with E-state index in [-0.39, 0.29) is 23.1 Å². The number of hydrogen-bond acceptors (Lipinski definition) is 13. The lowest BCUT2D eigenvalue weighted by Crippen LogP contribution is -2.66. The van der Waals surface area contributed by atoms with Crippen molar-refractivity contribution in [2.24, 2.45) is 0 Å². The third kappa shape index (κ3) is 19.8. The van der Waals surface area contributed by atoms with Gasteiger partial charge in [-0.1, -0.05) is 99.6 Å². The van der Waals surface area contributed by atoms with Gasteiger partial charge in [0, 0.05) is 0 Å². The van der Waals surface area contributed by atoms with E-state index in [1.807, 2.05) is 12.1 Å². The van der Waals surface area contributed by atoms with Crippen LogP contribution in [0.15, 0.2) is 95.9 Å². The zero-order chi connectivity index (χ0) is 40.8. The van der Waals surface area contributed by atoms with Crippen molar-refractivity contribution in [1.29, 1.82) is 0 Å². The third-order valence-electron chi connectivity index (χ3n) is 8.44. The standard InChI is InChI=1S/C42H64O13SSi/c1-42(2,3)57(40-15-9-5-10-16-40,41-17-11-6-12-18-41)55-38-36-53-34-32-51-30-28-49-26-24-47-22-20-45-19-21-46-23-25-48-27-29-50-31-33-52-35-37-54-56(43,44)39-13-7-4-8-14-39/h4-18H,19-38H2,1-3H3. The van der Waals surface area contributed by atoms with Crippen LogP contribution in [0, 0.1) is 0 Å². The molecule has 0 saturated heterocycles. The topological polar surface area (TPSA) is 136 Å². The first kappa shape index (κ1) is 48.8. The van der Waals surface area contributed by atoms with E-state index in [1.54, 1.807) is 18.2 Å². The van der Waals surface area contributed by atoms with E-state index in [4.69, 9.17) is 51.2 Å². The number of ether oxygens (including phenoxy) is 9. The third-order valence-corrected chi connectivity index (χ3v) is 14.8. The summed E-state index contributed by atoms with van der Waals surface area (Å²) in [5, 5.41) is 2.45. The van der Waals surface area contributed by atoms with Gasteiger partial charge in [0.15, 0.2) is 0 Å². The highest BCUT2D eigenvalue weighted by molar-refractivity contribution is 7.86. The van der Waals surface area contributed by atoms with E-state index >= 15 is 0 Å². The first-order valence-electron chi connectivity index (χ1n) is 19.7. The molecular formula is C42H64O13SSi. The molecule has 3 rings (SSSR count). The molecule has 0 N–H and O–H groups in total. The lowest BCUT2D eigenvalue weighted by atomic mass is 10.2. The molecule has 3 aromatic rings. The summed E-state index contributed by atoms with van der Waals surface area (Å²) in [7, 11) is -6.31. The van der Waals surface area contributed by atoms with Gasteiger partial charge in [0.05, 0.1) is 137 Å². The Balaban J connectivity index is 1.02. The quantitative estimate of drug-likeness (QED) is 0.0478. The molecule has 0 aromatic heterocycles. The van der Waals surface area contributed by atoms with Crippen LogP contribution in [0.4, 0.5) is 0 Å². The predicted molar refractivity (Wildman–Crippen MR) is 221 cm³/mol. The molecule has 0 aliphatic carbocycles. The molecular weight excluding hydrogens is 773 g/mol. The minimum absolute atomic E-state index is 0.0605. The molecule has 15 heteroatoms. The van der Waals surface area contributed by atoms with Crippen molar-refractivity contribution in [2.75, 3.05) is 132 Å². The summed E-state index contributed by atoms with van der Waals surface area (Å²) in [6, 6.07) is 29.2. The summed E-state index contributed by atoms with van der Waals surface area (Å²) in [6.45, 7) is 15.2. The van der Waals surface area contributed by atoms with Gasteiger partial charge in [-0.15, -0.1) is 0 Å². The average molecular weight is 837 g/mol. The van der Waals surface area contributed by atoms with Crippen LogP contribution in [-0.2, 0) is 61.4 Å². The fourth-order valence-corrected chi connectivity index (χ4v) is 11.2. The van der Waals surface area contributed by atoms with E-state index < -0.39 is 18.4 Å². The highest BCUT2D eigenvalue weighted by atomic mass is 32.2. The van der Waals surface area contributed by atoms with Crippen LogP contribution in [0.3, 0.4) is 0 Å². The fraction of sp³-hybridized carbons (Fsp3) is 0.571. The van der Waals surface area contributed by atoms with E-state index in [0.717, 1.165) is 0 Å². The van der Waals surface area contributed by atoms with E-state index in [0.29, 0.717) is 119 Å². The van der Waals surface area contributed by atoms with Gasteiger partial charge in [-0.05, 0) is 27.5 Å². The molecule has 0 saturated carbocycles. The summed E-state index contributed by atoms with van der Waals surface area (Å²) in [5.41, 5.74) is 0. The van der Waals surface area contributed by atoms with E-state index in [2.05, 4.69) is 69.3 Å². The molecule has 0 radical (unpaired) electrons. The molecule has 0 amide bonds. The molecule has 0 heterocycles. The molecule has 0 fully saturated rings. The second-order valence-electron chi connectivity index (χ2n) is 13.6. The van der Waals surface area contributed by atoms with Gasteiger partial charge >= 0.3 is 0 Å². The summed E-state index contributed by atoms with van der Waals surface area (Å²) < 4.78 is 85.7. The highest BCUT2D eigenvalue weighted by Gasteiger charge is 2.50. The fourth-order valence-electron chi connectivity index (χ4n) is 5.73. The number of benzene rings is 3. The Labute approximate surface area is 341 Å². The second-order valence-corrected chi connectivity index (χ2v) is 19.5. The average Bonchev–Trinajstić information content (AvgIpc) is 3.22. The van der Waals surface area contributed by atoms with Crippen LogP contribution < -0.4 is 10.4 Å². The smallest absolute Gasteiger partial charge is 0.297 e. The largest absolute Gasteiger partial charge is 0.405 e. The van der Waals surface area contributed by atoms with Crippen molar-refractivity contribution >= 4 is 28.8 Å². The molecule has 3 aromatic carbocycles. The second kappa shape index (κ2) is 29.6. The van der Waals surface area contributed by atoms with Crippen LogP contribution in [0.25, 0.3) is 0 Å². The van der Waals surface area contributed by atoms with Crippen molar-refractivity contribution in [3.63, 3.8) is 0 Å². The molecule has 57 heavy (non-hydrogen) atoms. The van der Waals surface area contributed by atoms with Gasteiger partial charge in [-0.2, -0.15) is 8.42 Å². The van der Waals surface area contributed by atoms with Crippen molar-refractivity contribution in [3.05, 3.63) is 91.0 Å². The maximum Gasteiger partial charge on any atom is 0.297 e. The molecule has 13 nitrogen and oxygen atoms in total. The first-order chi connectivity index (χ1) is 27.8. The zero-order valence-corrected chi connectivity index (χ0v) is 35.8. The molecule has 0 aliphatic rings. The Kier molecular flexibility index (Phi) is 25.3. The summed E-state index contributed by atoms with van der Waals surface area (Å²) in [4.78, 5) is 0.120. The Bertz CT molecular complexity index is 1460. The lowest BCUT2D eigenvalue weighted by molar-refractivity contribution is -0.0257. The van der Waals surface area contributed by atoms with Gasteiger partial charge in [0.2, 0.25) is 0 Å². The van der Waals surface area contributed by atoms with Crippen LogP contribution in [0.2, 0.25) is 5.04 Å². The maximum absolute atomic E-state index is 12.0. The van der Waals surface area contributed by atoms with Crippen LogP contribution in [0.5, 0.6) is 0 Å². The van der Waals surface area contributed by atoms with Crippen LogP contribution in [0.1, 0.15) is 20.8 Å². The van der Waals surface area contributed by atoms with Gasteiger partial charge in [0.25, 0.3) is 18.4 Å². The number of hydrogen-bond donors (Lipinski definition) is 0. The molecule has 0 unspecified atom stereocenters. The molecule has 0 aliphatic heterocycles. The normalized spacial score (nSPS) is 12.3. The Morgan fingerprint density at radius 1 is 0.386 bits per heavy atom. The Morgan fingerprint density at radius 2 is 0.649 bits per heavy atom. The summed E-state index contributed by atoms with van der Waals surface area (Å²) in [6.07, 6.45) is 0. The number of rotatable bonds is 35. The van der Waals surface area contributed by atoms with Gasteiger partial charge in [-0.3, -0.25) is 4.18 Å². The lowest BCUT2D eigenvalue weighted by Gasteiger charge is -2.43.